The minimum atomic E-state index is -0.292. The smallest absolute Gasteiger partial charge is 0.262 e. The van der Waals surface area contributed by atoms with Gasteiger partial charge in [0.2, 0.25) is 6.41 Å². The van der Waals surface area contributed by atoms with Crippen LogP contribution in [0.2, 0.25) is 0 Å². The maximum atomic E-state index is 12.7. The van der Waals surface area contributed by atoms with E-state index in [-0.39, 0.29) is 5.56 Å². The van der Waals surface area contributed by atoms with Crippen LogP contribution in [0.3, 0.4) is 0 Å². The van der Waals surface area contributed by atoms with E-state index in [1.165, 1.54) is 7.11 Å². The molecule has 1 heterocycles. The van der Waals surface area contributed by atoms with E-state index in [0.717, 1.165) is 22.4 Å². The maximum absolute atomic E-state index is 12.7. The van der Waals surface area contributed by atoms with Crippen molar-refractivity contribution in [1.82, 2.24) is 15.3 Å². The molecule has 2 N–H and O–H groups in total. The molecule has 0 aliphatic rings. The van der Waals surface area contributed by atoms with Crippen molar-refractivity contribution in [2.75, 3.05) is 27.4 Å². The van der Waals surface area contributed by atoms with E-state index in [1.54, 1.807) is 19.2 Å². The lowest BCUT2D eigenvalue weighted by atomic mass is 10.0. The minimum Gasteiger partial charge on any atom is -0.497 e. The van der Waals surface area contributed by atoms with Gasteiger partial charge in [0.1, 0.15) is 35.1 Å². The number of fused-ring (bicyclic) bond motifs is 1. The van der Waals surface area contributed by atoms with E-state index in [9.17, 15) is 9.59 Å². The van der Waals surface area contributed by atoms with Gasteiger partial charge in [0, 0.05) is 17.7 Å². The summed E-state index contributed by atoms with van der Waals surface area (Å²) in [6.45, 7) is 4.63. The van der Waals surface area contributed by atoms with Crippen molar-refractivity contribution in [2.24, 2.45) is 0 Å². The normalized spacial score (nSPS) is 10.6. The molecular weight excluding hydrogens is 374 g/mol. The van der Waals surface area contributed by atoms with Crippen LogP contribution in [-0.2, 0) is 4.79 Å². The van der Waals surface area contributed by atoms with Crippen molar-refractivity contribution >= 4 is 17.3 Å². The van der Waals surface area contributed by atoms with Crippen molar-refractivity contribution in [3.8, 4) is 28.6 Å². The highest BCUT2D eigenvalue weighted by atomic mass is 16.5. The van der Waals surface area contributed by atoms with Crippen molar-refractivity contribution in [2.45, 2.75) is 13.8 Å². The highest BCUT2D eigenvalue weighted by molar-refractivity contribution is 5.87. The lowest BCUT2D eigenvalue weighted by Crippen LogP contribution is -2.19. The van der Waals surface area contributed by atoms with Crippen molar-refractivity contribution in [3.05, 3.63) is 45.7 Å². The molecule has 0 bridgehead atoms. The van der Waals surface area contributed by atoms with E-state index < -0.39 is 0 Å². The number of methoxy groups -OCH3 is 2. The molecule has 3 rings (SSSR count). The first-order valence-corrected chi connectivity index (χ1v) is 9.06. The number of hydrogen-bond acceptors (Lipinski definition) is 6. The third kappa shape index (κ3) is 4.16. The van der Waals surface area contributed by atoms with Gasteiger partial charge in [-0.2, -0.15) is 0 Å². The number of aromatic amines is 1. The predicted octanol–water partition coefficient (Wildman–Crippen LogP) is 2.35. The summed E-state index contributed by atoms with van der Waals surface area (Å²) in [6.07, 6.45) is 0.637. The molecule has 29 heavy (non-hydrogen) atoms. The number of aromatic nitrogens is 2. The Kier molecular flexibility index (Phi) is 6.01. The zero-order valence-electron chi connectivity index (χ0n) is 16.8. The monoisotopic (exact) mass is 397 g/mol. The van der Waals surface area contributed by atoms with E-state index in [2.05, 4.69) is 15.3 Å². The molecule has 0 fully saturated rings. The van der Waals surface area contributed by atoms with E-state index in [4.69, 9.17) is 14.2 Å². The average molecular weight is 397 g/mol. The van der Waals surface area contributed by atoms with Crippen LogP contribution in [0.1, 0.15) is 11.1 Å². The topological polar surface area (TPSA) is 103 Å². The van der Waals surface area contributed by atoms with Crippen molar-refractivity contribution < 1.29 is 19.0 Å². The standard InChI is InChI=1S/C21H23N3O5/c1-12-7-14(8-13(2)19(12)29-6-5-22-11-25)20-23-16-9-15(27-3)10-17(28-4)18(16)21(26)24-20/h7-11H,5-6H2,1-4H3,(H,22,25)(H,23,24,26). The second kappa shape index (κ2) is 8.64. The van der Waals surface area contributed by atoms with Gasteiger partial charge in [0.25, 0.3) is 5.56 Å². The Bertz CT molecular complexity index is 1080. The first-order valence-electron chi connectivity index (χ1n) is 9.06. The summed E-state index contributed by atoms with van der Waals surface area (Å²) in [6, 6.07) is 7.15. The zero-order chi connectivity index (χ0) is 21.0. The molecule has 0 saturated heterocycles. The molecule has 0 radical (unpaired) electrons. The van der Waals surface area contributed by atoms with Gasteiger partial charge in [-0.15, -0.1) is 0 Å². The molecule has 0 atom stereocenters. The molecule has 3 aromatic rings. The third-order valence-corrected chi connectivity index (χ3v) is 4.51. The highest BCUT2D eigenvalue weighted by Crippen LogP contribution is 2.31. The number of nitrogens with zero attached hydrogens (tertiary/aromatic N) is 1. The summed E-state index contributed by atoms with van der Waals surface area (Å²) in [7, 11) is 3.04. The Morgan fingerprint density at radius 1 is 1.10 bits per heavy atom. The molecule has 0 aliphatic heterocycles. The summed E-state index contributed by atoms with van der Waals surface area (Å²) >= 11 is 0. The molecule has 8 heteroatoms. The number of aryl methyl sites for hydroxylation is 2. The summed E-state index contributed by atoms with van der Waals surface area (Å²) in [4.78, 5) is 30.5. The van der Waals surface area contributed by atoms with Crippen LogP contribution in [0, 0.1) is 13.8 Å². The van der Waals surface area contributed by atoms with Gasteiger partial charge in [-0.05, 0) is 37.1 Å². The average Bonchev–Trinajstić information content (AvgIpc) is 2.71. The van der Waals surface area contributed by atoms with Gasteiger partial charge >= 0.3 is 0 Å². The molecule has 0 aliphatic carbocycles. The molecular formula is C21H23N3O5. The van der Waals surface area contributed by atoms with Crippen LogP contribution in [0.5, 0.6) is 17.2 Å². The van der Waals surface area contributed by atoms with Crippen molar-refractivity contribution in [1.29, 1.82) is 0 Å². The molecule has 8 nitrogen and oxygen atoms in total. The fourth-order valence-electron chi connectivity index (χ4n) is 3.21. The van der Waals surface area contributed by atoms with Gasteiger partial charge in [-0.1, -0.05) is 0 Å². The Labute approximate surface area is 167 Å². The largest absolute Gasteiger partial charge is 0.497 e. The van der Waals surface area contributed by atoms with Crippen molar-refractivity contribution in [3.63, 3.8) is 0 Å². The SMILES string of the molecule is COc1cc(OC)c2c(=O)[nH]c(-c3cc(C)c(OCCNC=O)c(C)c3)nc2c1. The van der Waals surface area contributed by atoms with Gasteiger partial charge < -0.3 is 24.5 Å². The van der Waals surface area contributed by atoms with Crippen LogP contribution >= 0.6 is 0 Å². The zero-order valence-corrected chi connectivity index (χ0v) is 16.8. The summed E-state index contributed by atoms with van der Waals surface area (Å²) in [5.41, 5.74) is 2.75. The molecule has 0 unspecified atom stereocenters. The second-order valence-corrected chi connectivity index (χ2v) is 6.50. The number of ether oxygens (including phenoxy) is 3. The molecule has 1 amide bonds. The molecule has 152 valence electrons. The molecule has 1 aromatic heterocycles. The number of benzene rings is 2. The van der Waals surface area contributed by atoms with E-state index >= 15 is 0 Å². The third-order valence-electron chi connectivity index (χ3n) is 4.51. The molecule has 2 aromatic carbocycles. The Morgan fingerprint density at radius 3 is 2.45 bits per heavy atom. The van der Waals surface area contributed by atoms with Gasteiger partial charge in [0.05, 0.1) is 26.3 Å². The van der Waals surface area contributed by atoms with Crippen LogP contribution in [-0.4, -0.2) is 43.7 Å². The second-order valence-electron chi connectivity index (χ2n) is 6.50. The van der Waals surface area contributed by atoms with Gasteiger partial charge in [0.15, 0.2) is 0 Å². The van der Waals surface area contributed by atoms with Gasteiger partial charge in [-0.25, -0.2) is 4.98 Å². The Morgan fingerprint density at radius 2 is 1.83 bits per heavy atom. The highest BCUT2D eigenvalue weighted by Gasteiger charge is 2.15. The first-order chi connectivity index (χ1) is 14.0. The molecule has 0 spiro atoms. The quantitative estimate of drug-likeness (QED) is 0.447. The number of carbonyl (C=O) groups excluding carboxylic acids is 1. The van der Waals surface area contributed by atoms with Crippen LogP contribution in [0.25, 0.3) is 22.3 Å². The van der Waals surface area contributed by atoms with Gasteiger partial charge in [-0.3, -0.25) is 9.59 Å². The summed E-state index contributed by atoms with van der Waals surface area (Å²) in [5.74, 6) is 2.14. The van der Waals surface area contributed by atoms with E-state index in [1.807, 2.05) is 26.0 Å². The van der Waals surface area contributed by atoms with Crippen LogP contribution < -0.4 is 25.1 Å². The number of carbonyl (C=O) groups is 1. The first kappa shape index (κ1) is 20.2. The lowest BCUT2D eigenvalue weighted by molar-refractivity contribution is -0.109. The lowest BCUT2D eigenvalue weighted by Gasteiger charge is -2.14. The maximum Gasteiger partial charge on any atom is 0.262 e. The fraction of sp³-hybridized carbons (Fsp3) is 0.286. The minimum absolute atomic E-state index is 0.292. The number of H-pyrrole nitrogens is 1. The van der Waals surface area contributed by atoms with E-state index in [0.29, 0.717) is 47.8 Å². The fourth-order valence-corrected chi connectivity index (χ4v) is 3.21. The Balaban J connectivity index is 2.04. The Hall–Kier alpha value is -3.55. The van der Waals surface area contributed by atoms with Crippen LogP contribution in [0.15, 0.2) is 29.1 Å². The molecule has 0 saturated carbocycles. The number of hydrogen-bond donors (Lipinski definition) is 2. The predicted molar refractivity (Wildman–Crippen MR) is 110 cm³/mol. The number of rotatable bonds is 8. The summed E-state index contributed by atoms with van der Waals surface area (Å²) < 4.78 is 16.4. The number of amides is 1. The summed E-state index contributed by atoms with van der Waals surface area (Å²) in [5, 5.41) is 2.93. The van der Waals surface area contributed by atoms with Crippen LogP contribution in [0.4, 0.5) is 0 Å². The number of nitrogens with one attached hydrogen (secondary N) is 2.